The predicted octanol–water partition coefficient (Wildman–Crippen LogP) is 3.70. The number of hydrogen-bond acceptors (Lipinski definition) is 0. The molecule has 0 aromatic rings. The normalized spacial score (nSPS) is 26.9. The lowest BCUT2D eigenvalue weighted by Crippen LogP contribution is -2.16. The Kier molecular flexibility index (Phi) is 2.22. The van der Waals surface area contributed by atoms with Gasteiger partial charge in [-0.15, -0.1) is 0 Å². The molecule has 1 rings (SSSR count). The molecule has 0 aliphatic heterocycles. The summed E-state index contributed by atoms with van der Waals surface area (Å²) in [5, 5.41) is 0. The second kappa shape index (κ2) is 2.84. The first-order valence-corrected chi connectivity index (χ1v) is 4.36. The number of hydrogen-bond donors (Lipinski definition) is 0. The average Bonchev–Trinajstić information content (AvgIpc) is 1.83. The summed E-state index contributed by atoms with van der Waals surface area (Å²) in [5.74, 6) is 0. The summed E-state index contributed by atoms with van der Waals surface area (Å²) in [6, 6.07) is 0. The van der Waals surface area contributed by atoms with Crippen LogP contribution in [0, 0.1) is 5.41 Å². The topological polar surface area (TPSA) is 0 Å². The monoisotopic (exact) mass is 150 g/mol. The summed E-state index contributed by atoms with van der Waals surface area (Å²) in [5.41, 5.74) is 3.51. The van der Waals surface area contributed by atoms with Crippen molar-refractivity contribution in [2.24, 2.45) is 5.41 Å². The first kappa shape index (κ1) is 8.58. The molecule has 0 aromatic carbocycles. The van der Waals surface area contributed by atoms with E-state index in [9.17, 15) is 0 Å². The van der Waals surface area contributed by atoms with E-state index >= 15 is 0 Å². The lowest BCUT2D eigenvalue weighted by Gasteiger charge is -2.30. The van der Waals surface area contributed by atoms with Crippen LogP contribution in [0.1, 0.15) is 40.5 Å². The van der Waals surface area contributed by atoms with Gasteiger partial charge in [-0.25, -0.2) is 0 Å². The molecule has 0 heterocycles. The number of rotatable bonds is 0. The van der Waals surface area contributed by atoms with E-state index in [0.29, 0.717) is 5.41 Å². The zero-order valence-corrected chi connectivity index (χ0v) is 8.07. The molecule has 0 fully saturated rings. The quantitative estimate of drug-likeness (QED) is 0.494. The maximum atomic E-state index is 2.34. The molecule has 0 atom stereocenters. The van der Waals surface area contributed by atoms with Crippen molar-refractivity contribution in [1.29, 1.82) is 0 Å². The Hall–Kier alpha value is -0.520. The predicted molar refractivity (Wildman–Crippen MR) is 50.5 cm³/mol. The molecule has 0 saturated carbocycles. The Labute approximate surface area is 70.0 Å². The van der Waals surface area contributed by atoms with Crippen molar-refractivity contribution in [3.8, 4) is 0 Å². The SMILES string of the molecule is C/C=C1\C=C(C)CC(C)(C)C1. The highest BCUT2D eigenvalue weighted by Crippen LogP contribution is 2.37. The first-order valence-electron chi connectivity index (χ1n) is 4.36. The van der Waals surface area contributed by atoms with Gasteiger partial charge in [0.25, 0.3) is 0 Å². The van der Waals surface area contributed by atoms with Crippen LogP contribution in [0.15, 0.2) is 23.3 Å². The van der Waals surface area contributed by atoms with Crippen molar-refractivity contribution in [3.05, 3.63) is 23.3 Å². The molecule has 0 nitrogen and oxygen atoms in total. The largest absolute Gasteiger partial charge is 0.0844 e. The zero-order valence-electron chi connectivity index (χ0n) is 8.07. The second-order valence-electron chi connectivity index (χ2n) is 4.37. The summed E-state index contributed by atoms with van der Waals surface area (Å²) < 4.78 is 0. The first-order chi connectivity index (χ1) is 5.03. The molecule has 1 aliphatic carbocycles. The molecule has 0 saturated heterocycles. The summed E-state index contributed by atoms with van der Waals surface area (Å²) in [6.07, 6.45) is 7.04. The van der Waals surface area contributed by atoms with Crippen molar-refractivity contribution in [2.75, 3.05) is 0 Å². The molecule has 0 bridgehead atoms. The van der Waals surface area contributed by atoms with Crippen molar-refractivity contribution in [1.82, 2.24) is 0 Å². The van der Waals surface area contributed by atoms with Crippen molar-refractivity contribution in [2.45, 2.75) is 40.5 Å². The fourth-order valence-corrected chi connectivity index (χ4v) is 1.97. The summed E-state index contributed by atoms with van der Waals surface area (Å²) in [4.78, 5) is 0. The fraction of sp³-hybridized carbons (Fsp3) is 0.636. The Morgan fingerprint density at radius 3 is 2.45 bits per heavy atom. The van der Waals surface area contributed by atoms with Gasteiger partial charge in [-0.05, 0) is 32.1 Å². The summed E-state index contributed by atoms with van der Waals surface area (Å²) in [6.45, 7) is 9.03. The summed E-state index contributed by atoms with van der Waals surface area (Å²) >= 11 is 0. The van der Waals surface area contributed by atoms with Crippen molar-refractivity contribution in [3.63, 3.8) is 0 Å². The molecular weight excluding hydrogens is 132 g/mol. The van der Waals surface area contributed by atoms with Gasteiger partial charge in [-0.1, -0.05) is 37.1 Å². The van der Waals surface area contributed by atoms with E-state index in [4.69, 9.17) is 0 Å². The van der Waals surface area contributed by atoms with Crippen LogP contribution in [0.5, 0.6) is 0 Å². The Morgan fingerprint density at radius 2 is 2.00 bits per heavy atom. The van der Waals surface area contributed by atoms with Crippen LogP contribution in [-0.2, 0) is 0 Å². The molecule has 1 aliphatic rings. The van der Waals surface area contributed by atoms with E-state index in [0.717, 1.165) is 0 Å². The van der Waals surface area contributed by atoms with E-state index in [1.807, 2.05) is 0 Å². The van der Waals surface area contributed by atoms with Crippen LogP contribution < -0.4 is 0 Å². The standard InChI is InChI=1S/C11H18/c1-5-10-6-9(2)7-11(3,4)8-10/h5-6H,7-8H2,1-4H3/b10-5+. The van der Waals surface area contributed by atoms with Gasteiger partial charge >= 0.3 is 0 Å². The Morgan fingerprint density at radius 1 is 1.36 bits per heavy atom. The zero-order chi connectivity index (χ0) is 8.48. The summed E-state index contributed by atoms with van der Waals surface area (Å²) in [7, 11) is 0. The molecule has 0 aromatic heterocycles. The van der Waals surface area contributed by atoms with E-state index in [2.05, 4.69) is 39.8 Å². The van der Waals surface area contributed by atoms with Gasteiger partial charge in [-0.3, -0.25) is 0 Å². The molecule has 62 valence electrons. The maximum absolute atomic E-state index is 2.34. The third-order valence-corrected chi connectivity index (χ3v) is 2.24. The van der Waals surface area contributed by atoms with E-state index in [-0.39, 0.29) is 0 Å². The van der Waals surface area contributed by atoms with Gasteiger partial charge in [0.05, 0.1) is 0 Å². The van der Waals surface area contributed by atoms with Gasteiger partial charge in [0.2, 0.25) is 0 Å². The van der Waals surface area contributed by atoms with Crippen LogP contribution >= 0.6 is 0 Å². The minimum Gasteiger partial charge on any atom is -0.0844 e. The van der Waals surface area contributed by atoms with Gasteiger partial charge < -0.3 is 0 Å². The minimum absolute atomic E-state index is 0.487. The molecule has 0 unspecified atom stereocenters. The molecule has 0 spiro atoms. The van der Waals surface area contributed by atoms with E-state index in [1.165, 1.54) is 24.0 Å². The smallest absolute Gasteiger partial charge is 0.0227 e. The van der Waals surface area contributed by atoms with Crippen LogP contribution in [-0.4, -0.2) is 0 Å². The maximum Gasteiger partial charge on any atom is -0.0227 e. The van der Waals surface area contributed by atoms with E-state index in [1.54, 1.807) is 0 Å². The van der Waals surface area contributed by atoms with Gasteiger partial charge in [0, 0.05) is 0 Å². The highest BCUT2D eigenvalue weighted by molar-refractivity contribution is 5.28. The lowest BCUT2D eigenvalue weighted by molar-refractivity contribution is 0.351. The molecule has 0 amide bonds. The molecule has 0 radical (unpaired) electrons. The van der Waals surface area contributed by atoms with Crippen LogP contribution in [0.25, 0.3) is 0 Å². The van der Waals surface area contributed by atoms with Crippen molar-refractivity contribution >= 4 is 0 Å². The Bertz CT molecular complexity index is 204. The molecular formula is C11H18. The average molecular weight is 150 g/mol. The molecule has 0 heteroatoms. The Balaban J connectivity index is 2.86. The second-order valence-corrected chi connectivity index (χ2v) is 4.37. The van der Waals surface area contributed by atoms with Crippen molar-refractivity contribution < 1.29 is 0 Å². The fourth-order valence-electron chi connectivity index (χ4n) is 1.97. The third kappa shape index (κ3) is 2.21. The van der Waals surface area contributed by atoms with E-state index < -0.39 is 0 Å². The number of allylic oxidation sites excluding steroid dienone is 4. The molecule has 11 heavy (non-hydrogen) atoms. The lowest BCUT2D eigenvalue weighted by atomic mass is 9.76. The van der Waals surface area contributed by atoms with Gasteiger partial charge in [0.15, 0.2) is 0 Å². The molecule has 0 N–H and O–H groups in total. The highest BCUT2D eigenvalue weighted by Gasteiger charge is 2.22. The third-order valence-electron chi connectivity index (χ3n) is 2.24. The van der Waals surface area contributed by atoms with Gasteiger partial charge in [0.1, 0.15) is 0 Å². The van der Waals surface area contributed by atoms with Crippen LogP contribution in [0.3, 0.4) is 0 Å². The highest BCUT2D eigenvalue weighted by atomic mass is 14.3. The van der Waals surface area contributed by atoms with Gasteiger partial charge in [-0.2, -0.15) is 0 Å². The van der Waals surface area contributed by atoms with Crippen LogP contribution in [0.4, 0.5) is 0 Å². The van der Waals surface area contributed by atoms with Crippen LogP contribution in [0.2, 0.25) is 0 Å². The minimum atomic E-state index is 0.487.